The molecule has 0 saturated carbocycles. The van der Waals surface area contributed by atoms with Crippen LogP contribution in [-0.2, 0) is 14.8 Å². The molecule has 3 rings (SSSR count). The first-order valence-electron chi connectivity index (χ1n) is 10.1. The van der Waals surface area contributed by atoms with Crippen molar-refractivity contribution in [2.24, 2.45) is 5.92 Å². The average Bonchev–Trinajstić information content (AvgIpc) is 3.18. The number of thiophene rings is 1. The quantitative estimate of drug-likeness (QED) is 0.623. The monoisotopic (exact) mass is 453 g/mol. The van der Waals surface area contributed by atoms with Gasteiger partial charge in [0.05, 0.1) is 11.6 Å². The maximum absolute atomic E-state index is 13.8. The van der Waals surface area contributed by atoms with E-state index < -0.39 is 10.0 Å². The zero-order valence-electron chi connectivity index (χ0n) is 17.3. The van der Waals surface area contributed by atoms with Crippen molar-refractivity contribution < 1.29 is 17.6 Å². The van der Waals surface area contributed by atoms with Crippen LogP contribution in [0.1, 0.15) is 24.1 Å². The summed E-state index contributed by atoms with van der Waals surface area (Å²) in [7, 11) is -1.73. The van der Waals surface area contributed by atoms with Gasteiger partial charge in [0.1, 0.15) is 10.0 Å². The highest BCUT2D eigenvalue weighted by atomic mass is 32.2. The third-order valence-electron chi connectivity index (χ3n) is 5.30. The predicted molar refractivity (Wildman–Crippen MR) is 118 cm³/mol. The first-order valence-corrected chi connectivity index (χ1v) is 12.3. The van der Waals surface area contributed by atoms with Gasteiger partial charge in [0, 0.05) is 38.1 Å². The third-order valence-corrected chi connectivity index (χ3v) is 8.63. The van der Waals surface area contributed by atoms with Gasteiger partial charge in [-0.05, 0) is 50.5 Å². The number of hydrogen-bond acceptors (Lipinski definition) is 5. The van der Waals surface area contributed by atoms with Crippen LogP contribution < -0.4 is 10.2 Å². The first-order chi connectivity index (χ1) is 14.3. The number of carbonyl (C=O) groups is 1. The van der Waals surface area contributed by atoms with Crippen LogP contribution in [0.2, 0.25) is 0 Å². The van der Waals surface area contributed by atoms with Gasteiger partial charge in [0.2, 0.25) is 5.91 Å². The number of sulfonamides is 1. The first kappa shape index (κ1) is 22.7. The summed E-state index contributed by atoms with van der Waals surface area (Å²) < 4.78 is 41.2. The lowest BCUT2D eigenvalue weighted by Crippen LogP contribution is -2.45. The van der Waals surface area contributed by atoms with E-state index in [-0.39, 0.29) is 24.2 Å². The van der Waals surface area contributed by atoms with Gasteiger partial charge in [-0.25, -0.2) is 12.8 Å². The molecule has 2 aromatic rings. The molecule has 1 aromatic carbocycles. The fraction of sp³-hybridized carbons (Fsp3) is 0.476. The van der Waals surface area contributed by atoms with Crippen LogP contribution in [0.4, 0.5) is 10.1 Å². The molecule has 9 heteroatoms. The topological polar surface area (TPSA) is 69.7 Å². The Labute approximate surface area is 181 Å². The molecule has 0 aliphatic carbocycles. The van der Waals surface area contributed by atoms with E-state index in [1.165, 1.54) is 21.7 Å². The number of aryl methyl sites for hydroxylation is 1. The van der Waals surface area contributed by atoms with Crippen molar-refractivity contribution in [2.45, 2.75) is 30.4 Å². The minimum absolute atomic E-state index is 0.120. The standard InChI is InChI=1S/C21H28FN3O3S2/c1-16-10-11-20(29-16)30(27,28)25-14-5-7-17(15-25)21(26)23-12-6-13-24(2)19-9-4-3-8-18(19)22/h3-4,8-11,17H,5-7,12-15H2,1-2H3,(H,23,26). The molecular formula is C21H28FN3O3S2. The average molecular weight is 454 g/mol. The van der Waals surface area contributed by atoms with E-state index in [2.05, 4.69) is 5.32 Å². The van der Waals surface area contributed by atoms with Crippen LogP contribution in [0.5, 0.6) is 0 Å². The Balaban J connectivity index is 1.48. The van der Waals surface area contributed by atoms with E-state index in [1.54, 1.807) is 30.3 Å². The Morgan fingerprint density at radius 2 is 2.07 bits per heavy atom. The highest BCUT2D eigenvalue weighted by molar-refractivity contribution is 7.91. The number of halogens is 1. The summed E-state index contributed by atoms with van der Waals surface area (Å²) in [5.74, 6) is -0.738. The lowest BCUT2D eigenvalue weighted by atomic mass is 9.99. The van der Waals surface area contributed by atoms with Crippen molar-refractivity contribution in [3.8, 4) is 0 Å². The minimum Gasteiger partial charge on any atom is -0.372 e. The number of anilines is 1. The number of hydrogen-bond donors (Lipinski definition) is 1. The molecule has 1 amide bonds. The molecule has 1 saturated heterocycles. The highest BCUT2D eigenvalue weighted by Gasteiger charge is 2.33. The number of benzene rings is 1. The van der Waals surface area contributed by atoms with Gasteiger partial charge in [-0.15, -0.1) is 11.3 Å². The molecule has 6 nitrogen and oxygen atoms in total. The molecule has 0 spiro atoms. The van der Waals surface area contributed by atoms with Crippen LogP contribution in [0.15, 0.2) is 40.6 Å². The Hall–Kier alpha value is -1.97. The maximum Gasteiger partial charge on any atom is 0.252 e. The summed E-state index contributed by atoms with van der Waals surface area (Å²) in [5.41, 5.74) is 0.528. The summed E-state index contributed by atoms with van der Waals surface area (Å²) in [6.45, 7) is 3.59. The molecule has 0 radical (unpaired) electrons. The third kappa shape index (κ3) is 5.39. The van der Waals surface area contributed by atoms with Crippen LogP contribution in [-0.4, -0.2) is 51.9 Å². The Kier molecular flexibility index (Phi) is 7.49. The van der Waals surface area contributed by atoms with Gasteiger partial charge in [-0.3, -0.25) is 4.79 Å². The van der Waals surface area contributed by atoms with Crippen molar-refractivity contribution in [3.63, 3.8) is 0 Å². The van der Waals surface area contributed by atoms with Crippen LogP contribution in [0.3, 0.4) is 0 Å². The molecule has 1 atom stereocenters. The molecule has 164 valence electrons. The zero-order valence-corrected chi connectivity index (χ0v) is 18.9. The number of para-hydroxylation sites is 1. The van der Waals surface area contributed by atoms with E-state index in [0.29, 0.717) is 48.8 Å². The summed E-state index contributed by atoms with van der Waals surface area (Å²) >= 11 is 1.26. The number of amides is 1. The Morgan fingerprint density at radius 3 is 2.77 bits per heavy atom. The molecule has 2 heterocycles. The number of rotatable bonds is 8. The molecule has 1 unspecified atom stereocenters. The SMILES string of the molecule is Cc1ccc(S(=O)(=O)N2CCCC(C(=O)NCCCN(C)c3ccccc3F)C2)s1. The second kappa shape index (κ2) is 9.89. The van der Waals surface area contributed by atoms with Crippen molar-refractivity contribution in [1.29, 1.82) is 0 Å². The number of piperidine rings is 1. The number of nitrogens with one attached hydrogen (secondary N) is 1. The normalized spacial score (nSPS) is 17.6. The maximum atomic E-state index is 13.8. The largest absolute Gasteiger partial charge is 0.372 e. The lowest BCUT2D eigenvalue weighted by molar-refractivity contribution is -0.126. The van der Waals surface area contributed by atoms with Gasteiger partial charge < -0.3 is 10.2 Å². The molecule has 1 fully saturated rings. The molecule has 1 aliphatic rings. The van der Waals surface area contributed by atoms with E-state index in [4.69, 9.17) is 0 Å². The Morgan fingerprint density at radius 1 is 1.30 bits per heavy atom. The summed E-state index contributed by atoms with van der Waals surface area (Å²) in [6.07, 6.45) is 2.01. The predicted octanol–water partition coefficient (Wildman–Crippen LogP) is 3.24. The number of nitrogens with zero attached hydrogens (tertiary/aromatic N) is 2. The molecule has 0 bridgehead atoms. The van der Waals surface area contributed by atoms with E-state index >= 15 is 0 Å². The fourth-order valence-corrected chi connectivity index (χ4v) is 6.57. The lowest BCUT2D eigenvalue weighted by Gasteiger charge is -2.30. The smallest absolute Gasteiger partial charge is 0.252 e. The fourth-order valence-electron chi connectivity index (χ4n) is 3.61. The summed E-state index contributed by atoms with van der Waals surface area (Å²) in [4.78, 5) is 15.3. The molecule has 1 aromatic heterocycles. The molecular weight excluding hydrogens is 425 g/mol. The summed E-state index contributed by atoms with van der Waals surface area (Å²) in [6, 6.07) is 10.0. The van der Waals surface area contributed by atoms with Crippen molar-refractivity contribution >= 4 is 33.0 Å². The van der Waals surface area contributed by atoms with E-state index in [1.807, 2.05) is 18.9 Å². The Bertz CT molecular complexity index is 977. The van der Waals surface area contributed by atoms with Crippen LogP contribution >= 0.6 is 11.3 Å². The molecule has 30 heavy (non-hydrogen) atoms. The van der Waals surface area contributed by atoms with Gasteiger partial charge in [0.25, 0.3) is 10.0 Å². The van der Waals surface area contributed by atoms with Crippen molar-refractivity contribution in [1.82, 2.24) is 9.62 Å². The van der Waals surface area contributed by atoms with Crippen molar-refractivity contribution in [3.05, 3.63) is 47.1 Å². The summed E-state index contributed by atoms with van der Waals surface area (Å²) in [5, 5.41) is 2.91. The number of carbonyl (C=O) groups excluding carboxylic acids is 1. The van der Waals surface area contributed by atoms with E-state index in [9.17, 15) is 17.6 Å². The molecule has 1 aliphatic heterocycles. The van der Waals surface area contributed by atoms with Crippen LogP contribution in [0.25, 0.3) is 0 Å². The van der Waals surface area contributed by atoms with Crippen LogP contribution in [0, 0.1) is 18.7 Å². The second-order valence-corrected chi connectivity index (χ2v) is 11.0. The van der Waals surface area contributed by atoms with E-state index in [0.717, 1.165) is 4.88 Å². The van der Waals surface area contributed by atoms with Gasteiger partial charge in [0.15, 0.2) is 0 Å². The molecule has 1 N–H and O–H groups in total. The second-order valence-electron chi connectivity index (χ2n) is 7.58. The zero-order chi connectivity index (χ0) is 21.7. The van der Waals surface area contributed by atoms with Gasteiger partial charge in [-0.1, -0.05) is 12.1 Å². The minimum atomic E-state index is -3.55. The van der Waals surface area contributed by atoms with Gasteiger partial charge >= 0.3 is 0 Å². The van der Waals surface area contributed by atoms with Crippen molar-refractivity contribution in [2.75, 3.05) is 38.1 Å². The van der Waals surface area contributed by atoms with Gasteiger partial charge in [-0.2, -0.15) is 4.31 Å². The highest BCUT2D eigenvalue weighted by Crippen LogP contribution is 2.28.